The normalized spacial score (nSPS) is 17.8. The highest BCUT2D eigenvalue weighted by Crippen LogP contribution is 2.31. The van der Waals surface area contributed by atoms with Gasteiger partial charge in [0, 0.05) is 18.4 Å². The lowest BCUT2D eigenvalue weighted by atomic mass is 9.98. The molecule has 0 amide bonds. The quantitative estimate of drug-likeness (QED) is 0.622. The van der Waals surface area contributed by atoms with Gasteiger partial charge in [-0.2, -0.15) is 0 Å². The Kier molecular flexibility index (Phi) is 5.90. The van der Waals surface area contributed by atoms with Crippen molar-refractivity contribution in [1.29, 1.82) is 0 Å². The van der Waals surface area contributed by atoms with Gasteiger partial charge in [-0.25, -0.2) is 4.98 Å². The third kappa shape index (κ3) is 4.98. The third-order valence-electron chi connectivity index (χ3n) is 3.95. The number of hydrogen-bond acceptors (Lipinski definition) is 3. The van der Waals surface area contributed by atoms with E-state index in [1.54, 1.807) is 0 Å². The van der Waals surface area contributed by atoms with Gasteiger partial charge in [0.1, 0.15) is 5.76 Å². The molecular formula is C16H28N2O. The Morgan fingerprint density at radius 2 is 2.00 bits per heavy atom. The number of oxazole rings is 1. The van der Waals surface area contributed by atoms with Crippen LogP contribution in [0.25, 0.3) is 0 Å². The van der Waals surface area contributed by atoms with Crippen molar-refractivity contribution in [2.45, 2.75) is 77.2 Å². The highest BCUT2D eigenvalue weighted by Gasteiger charge is 2.18. The van der Waals surface area contributed by atoms with Gasteiger partial charge in [-0.05, 0) is 25.8 Å². The summed E-state index contributed by atoms with van der Waals surface area (Å²) in [6.07, 6.45) is 12.1. The summed E-state index contributed by atoms with van der Waals surface area (Å²) in [6.45, 7) is 5.39. The number of aromatic nitrogens is 1. The monoisotopic (exact) mass is 264 g/mol. The molecule has 19 heavy (non-hydrogen) atoms. The fourth-order valence-electron chi connectivity index (χ4n) is 2.82. The fraction of sp³-hybridized carbons (Fsp3) is 0.812. The molecule has 1 aromatic heterocycles. The van der Waals surface area contributed by atoms with Crippen LogP contribution in [0.1, 0.15) is 76.4 Å². The molecule has 1 N–H and O–H groups in total. The maximum Gasteiger partial charge on any atom is 0.194 e. The van der Waals surface area contributed by atoms with Crippen LogP contribution < -0.4 is 5.32 Å². The molecule has 2 rings (SSSR count). The molecule has 0 aliphatic heterocycles. The number of rotatable bonds is 6. The first-order chi connectivity index (χ1) is 9.25. The minimum absolute atomic E-state index is 0.561. The minimum Gasteiger partial charge on any atom is -0.445 e. The zero-order valence-corrected chi connectivity index (χ0v) is 12.5. The topological polar surface area (TPSA) is 38.1 Å². The zero-order chi connectivity index (χ0) is 13.5. The van der Waals surface area contributed by atoms with Gasteiger partial charge in [-0.1, -0.05) is 39.5 Å². The molecule has 0 saturated heterocycles. The van der Waals surface area contributed by atoms with Crippen molar-refractivity contribution in [3.63, 3.8) is 0 Å². The second kappa shape index (κ2) is 7.68. The van der Waals surface area contributed by atoms with Crippen LogP contribution in [0, 0.1) is 0 Å². The maximum atomic E-state index is 5.95. The van der Waals surface area contributed by atoms with E-state index in [2.05, 4.69) is 24.1 Å². The first-order valence-corrected chi connectivity index (χ1v) is 7.93. The first-order valence-electron chi connectivity index (χ1n) is 7.93. The molecule has 0 atom stereocenters. The van der Waals surface area contributed by atoms with Crippen molar-refractivity contribution in [1.82, 2.24) is 10.3 Å². The molecular weight excluding hydrogens is 236 g/mol. The lowest BCUT2D eigenvalue weighted by Crippen LogP contribution is -2.23. The summed E-state index contributed by atoms with van der Waals surface area (Å²) in [5.41, 5.74) is 0. The van der Waals surface area contributed by atoms with Gasteiger partial charge in [-0.15, -0.1) is 0 Å². The summed E-state index contributed by atoms with van der Waals surface area (Å²) in [5, 5.41) is 3.42. The van der Waals surface area contributed by atoms with Crippen LogP contribution in [0.4, 0.5) is 0 Å². The van der Waals surface area contributed by atoms with Crippen molar-refractivity contribution < 1.29 is 4.42 Å². The Hall–Kier alpha value is -0.830. The van der Waals surface area contributed by atoms with Crippen molar-refractivity contribution >= 4 is 0 Å². The molecule has 0 radical (unpaired) electrons. The molecule has 0 aromatic carbocycles. The Labute approximate surface area is 117 Å². The van der Waals surface area contributed by atoms with E-state index < -0.39 is 0 Å². The van der Waals surface area contributed by atoms with Gasteiger partial charge in [0.05, 0.1) is 6.20 Å². The number of aryl methyl sites for hydroxylation is 1. The van der Waals surface area contributed by atoms with Crippen molar-refractivity contribution in [3.05, 3.63) is 17.8 Å². The summed E-state index contributed by atoms with van der Waals surface area (Å²) < 4.78 is 5.95. The van der Waals surface area contributed by atoms with Crippen LogP contribution in [-0.4, -0.2) is 17.6 Å². The SMILES string of the molecule is CC(C)NCCCc1ncc(C2CCCCCC2)o1. The lowest BCUT2D eigenvalue weighted by molar-refractivity contribution is 0.399. The van der Waals surface area contributed by atoms with Crippen molar-refractivity contribution in [2.75, 3.05) is 6.54 Å². The van der Waals surface area contributed by atoms with E-state index in [9.17, 15) is 0 Å². The predicted molar refractivity (Wildman–Crippen MR) is 78.4 cm³/mol. The molecule has 1 heterocycles. The molecule has 1 fully saturated rings. The standard InChI is InChI=1S/C16H28N2O/c1-13(2)17-11-7-10-16-18-12-15(19-16)14-8-5-3-4-6-9-14/h12-14,17H,3-11H2,1-2H3. The van der Waals surface area contributed by atoms with E-state index in [1.807, 2.05) is 6.20 Å². The minimum atomic E-state index is 0.561. The van der Waals surface area contributed by atoms with Gasteiger partial charge >= 0.3 is 0 Å². The van der Waals surface area contributed by atoms with Crippen LogP contribution >= 0.6 is 0 Å². The molecule has 3 heteroatoms. The summed E-state index contributed by atoms with van der Waals surface area (Å²) in [6, 6.07) is 0.561. The third-order valence-corrected chi connectivity index (χ3v) is 3.95. The Morgan fingerprint density at radius 3 is 2.68 bits per heavy atom. The van der Waals surface area contributed by atoms with E-state index in [1.165, 1.54) is 38.5 Å². The summed E-state index contributed by atoms with van der Waals surface area (Å²) >= 11 is 0. The number of nitrogens with one attached hydrogen (secondary N) is 1. The molecule has 1 aliphatic carbocycles. The van der Waals surface area contributed by atoms with Crippen LogP contribution in [-0.2, 0) is 6.42 Å². The smallest absolute Gasteiger partial charge is 0.194 e. The second-order valence-corrected chi connectivity index (χ2v) is 6.06. The van der Waals surface area contributed by atoms with Gasteiger partial charge in [-0.3, -0.25) is 0 Å². The summed E-state index contributed by atoms with van der Waals surface area (Å²) in [7, 11) is 0. The van der Waals surface area contributed by atoms with Crippen LogP contribution in [0.2, 0.25) is 0 Å². The fourth-order valence-corrected chi connectivity index (χ4v) is 2.82. The second-order valence-electron chi connectivity index (χ2n) is 6.06. The molecule has 1 saturated carbocycles. The molecule has 3 nitrogen and oxygen atoms in total. The maximum absolute atomic E-state index is 5.95. The number of nitrogens with zero attached hydrogens (tertiary/aromatic N) is 1. The largest absolute Gasteiger partial charge is 0.445 e. The van der Waals surface area contributed by atoms with Crippen LogP contribution in [0.5, 0.6) is 0 Å². The molecule has 0 bridgehead atoms. The van der Waals surface area contributed by atoms with Gasteiger partial charge in [0.2, 0.25) is 0 Å². The van der Waals surface area contributed by atoms with E-state index >= 15 is 0 Å². The van der Waals surface area contributed by atoms with E-state index in [0.717, 1.165) is 31.0 Å². The lowest BCUT2D eigenvalue weighted by Gasteiger charge is -2.09. The molecule has 1 aromatic rings. The summed E-state index contributed by atoms with van der Waals surface area (Å²) in [4.78, 5) is 4.44. The highest BCUT2D eigenvalue weighted by atomic mass is 16.4. The molecule has 108 valence electrons. The Balaban J connectivity index is 1.77. The molecule has 1 aliphatic rings. The summed E-state index contributed by atoms with van der Waals surface area (Å²) in [5.74, 6) is 2.68. The average molecular weight is 264 g/mol. The van der Waals surface area contributed by atoms with Crippen LogP contribution in [0.15, 0.2) is 10.6 Å². The van der Waals surface area contributed by atoms with Gasteiger partial charge < -0.3 is 9.73 Å². The van der Waals surface area contributed by atoms with E-state index in [-0.39, 0.29) is 0 Å². The Bertz CT molecular complexity index is 351. The van der Waals surface area contributed by atoms with E-state index in [0.29, 0.717) is 12.0 Å². The van der Waals surface area contributed by atoms with Gasteiger partial charge in [0.15, 0.2) is 5.89 Å². The average Bonchev–Trinajstić information content (AvgIpc) is 2.68. The van der Waals surface area contributed by atoms with Gasteiger partial charge in [0.25, 0.3) is 0 Å². The zero-order valence-electron chi connectivity index (χ0n) is 12.5. The first kappa shape index (κ1) is 14.6. The molecule has 0 unspecified atom stereocenters. The van der Waals surface area contributed by atoms with Crippen LogP contribution in [0.3, 0.4) is 0 Å². The van der Waals surface area contributed by atoms with E-state index in [4.69, 9.17) is 4.42 Å². The van der Waals surface area contributed by atoms with Crippen molar-refractivity contribution in [3.8, 4) is 0 Å². The highest BCUT2D eigenvalue weighted by molar-refractivity contribution is 5.02. The molecule has 0 spiro atoms. The predicted octanol–water partition coefficient (Wildman–Crippen LogP) is 4.04. The Morgan fingerprint density at radius 1 is 1.26 bits per heavy atom. The van der Waals surface area contributed by atoms with Crippen molar-refractivity contribution in [2.24, 2.45) is 0 Å². The number of hydrogen-bond donors (Lipinski definition) is 1.